The molecule has 0 aliphatic carbocycles. The molecule has 0 saturated carbocycles. The summed E-state index contributed by atoms with van der Waals surface area (Å²) in [5.74, 6) is -0.223. The SMILES string of the molecule is O=C(O)c1cc(-c2ccc(N3CCOCC3)cc2)cc2c1OCCO2. The summed E-state index contributed by atoms with van der Waals surface area (Å²) in [6.45, 7) is 4.03. The molecule has 2 aromatic rings. The lowest BCUT2D eigenvalue weighted by atomic mass is 10.0. The van der Waals surface area contributed by atoms with Crippen LogP contribution in [0.1, 0.15) is 10.4 Å². The highest BCUT2D eigenvalue weighted by molar-refractivity contribution is 5.94. The standard InChI is InChI=1S/C19H19NO5/c21-19(22)16-11-14(12-17-18(16)25-10-9-24-17)13-1-3-15(4-2-13)20-5-7-23-8-6-20/h1-4,11-12H,5-10H2,(H,21,22). The van der Waals surface area contributed by atoms with Gasteiger partial charge in [0.2, 0.25) is 0 Å². The summed E-state index contributed by atoms with van der Waals surface area (Å²) in [6, 6.07) is 11.6. The predicted octanol–water partition coefficient (Wildman–Crippen LogP) is 2.66. The van der Waals surface area contributed by atoms with Gasteiger partial charge in [0, 0.05) is 18.8 Å². The number of nitrogens with zero attached hydrogens (tertiary/aromatic N) is 1. The molecule has 2 aromatic carbocycles. The van der Waals surface area contributed by atoms with Crippen molar-refractivity contribution in [2.24, 2.45) is 0 Å². The Morgan fingerprint density at radius 3 is 2.36 bits per heavy atom. The Morgan fingerprint density at radius 2 is 1.64 bits per heavy atom. The number of anilines is 1. The van der Waals surface area contributed by atoms with Crippen LogP contribution in [0.5, 0.6) is 11.5 Å². The molecule has 0 radical (unpaired) electrons. The molecule has 130 valence electrons. The summed E-state index contributed by atoms with van der Waals surface area (Å²) in [5.41, 5.74) is 3.01. The molecule has 25 heavy (non-hydrogen) atoms. The molecule has 1 N–H and O–H groups in total. The zero-order chi connectivity index (χ0) is 17.2. The number of ether oxygens (including phenoxy) is 3. The van der Waals surface area contributed by atoms with Gasteiger partial charge in [0.15, 0.2) is 11.5 Å². The maximum absolute atomic E-state index is 11.6. The van der Waals surface area contributed by atoms with E-state index in [1.165, 1.54) is 0 Å². The van der Waals surface area contributed by atoms with Crippen LogP contribution in [-0.2, 0) is 4.74 Å². The van der Waals surface area contributed by atoms with Gasteiger partial charge in [-0.2, -0.15) is 0 Å². The van der Waals surface area contributed by atoms with Gasteiger partial charge in [-0.05, 0) is 35.4 Å². The van der Waals surface area contributed by atoms with E-state index in [9.17, 15) is 9.90 Å². The van der Waals surface area contributed by atoms with E-state index >= 15 is 0 Å². The quantitative estimate of drug-likeness (QED) is 0.926. The molecule has 0 aromatic heterocycles. The van der Waals surface area contributed by atoms with E-state index in [2.05, 4.69) is 17.0 Å². The molecule has 2 aliphatic heterocycles. The molecule has 0 amide bonds. The van der Waals surface area contributed by atoms with Crippen molar-refractivity contribution in [1.29, 1.82) is 0 Å². The van der Waals surface area contributed by atoms with Gasteiger partial charge in [0.25, 0.3) is 0 Å². The largest absolute Gasteiger partial charge is 0.486 e. The van der Waals surface area contributed by atoms with E-state index in [0.29, 0.717) is 24.7 Å². The summed E-state index contributed by atoms with van der Waals surface area (Å²) < 4.78 is 16.4. The van der Waals surface area contributed by atoms with Crippen molar-refractivity contribution < 1.29 is 24.1 Å². The Labute approximate surface area is 145 Å². The molecule has 4 rings (SSSR count). The summed E-state index contributed by atoms with van der Waals surface area (Å²) in [7, 11) is 0. The summed E-state index contributed by atoms with van der Waals surface area (Å²) in [5, 5.41) is 9.47. The van der Waals surface area contributed by atoms with Crippen LogP contribution in [0.15, 0.2) is 36.4 Å². The van der Waals surface area contributed by atoms with E-state index in [1.807, 2.05) is 18.2 Å². The summed E-state index contributed by atoms with van der Waals surface area (Å²) in [4.78, 5) is 13.8. The van der Waals surface area contributed by atoms with Gasteiger partial charge in [-0.3, -0.25) is 0 Å². The highest BCUT2D eigenvalue weighted by Crippen LogP contribution is 2.38. The molecule has 2 aliphatic rings. The topological polar surface area (TPSA) is 68.2 Å². The van der Waals surface area contributed by atoms with E-state index in [4.69, 9.17) is 14.2 Å². The Morgan fingerprint density at radius 1 is 0.920 bits per heavy atom. The maximum Gasteiger partial charge on any atom is 0.339 e. The molecule has 1 fully saturated rings. The molecule has 0 bridgehead atoms. The van der Waals surface area contributed by atoms with Crippen LogP contribution in [0, 0.1) is 0 Å². The number of benzene rings is 2. The van der Waals surface area contributed by atoms with Crippen LogP contribution < -0.4 is 14.4 Å². The van der Waals surface area contributed by atoms with Crippen molar-refractivity contribution in [2.45, 2.75) is 0 Å². The maximum atomic E-state index is 11.6. The van der Waals surface area contributed by atoms with Gasteiger partial charge >= 0.3 is 5.97 Å². The Balaban J connectivity index is 1.67. The molecular formula is C19H19NO5. The highest BCUT2D eigenvalue weighted by Gasteiger charge is 2.22. The lowest BCUT2D eigenvalue weighted by Gasteiger charge is -2.29. The molecule has 0 unspecified atom stereocenters. The smallest absolute Gasteiger partial charge is 0.339 e. The number of morpholine rings is 1. The van der Waals surface area contributed by atoms with E-state index < -0.39 is 5.97 Å². The second-order valence-electron chi connectivity index (χ2n) is 6.00. The van der Waals surface area contributed by atoms with Gasteiger partial charge in [0.05, 0.1) is 13.2 Å². The van der Waals surface area contributed by atoms with Gasteiger partial charge in [-0.25, -0.2) is 4.79 Å². The number of aromatic carboxylic acids is 1. The number of hydrogen-bond donors (Lipinski definition) is 1. The molecule has 1 saturated heterocycles. The third-order valence-corrected chi connectivity index (χ3v) is 4.45. The van der Waals surface area contributed by atoms with Crippen molar-refractivity contribution in [3.63, 3.8) is 0 Å². The first-order valence-electron chi connectivity index (χ1n) is 8.32. The highest BCUT2D eigenvalue weighted by atomic mass is 16.6. The zero-order valence-corrected chi connectivity index (χ0v) is 13.7. The fourth-order valence-electron chi connectivity index (χ4n) is 3.17. The molecule has 6 heteroatoms. The predicted molar refractivity (Wildman–Crippen MR) is 92.9 cm³/mol. The minimum Gasteiger partial charge on any atom is -0.486 e. The van der Waals surface area contributed by atoms with Crippen molar-refractivity contribution >= 4 is 11.7 Å². The molecule has 2 heterocycles. The van der Waals surface area contributed by atoms with Crippen molar-refractivity contribution in [3.8, 4) is 22.6 Å². The van der Waals surface area contributed by atoms with Crippen LogP contribution in [-0.4, -0.2) is 50.6 Å². The average molecular weight is 341 g/mol. The minimum absolute atomic E-state index is 0.129. The van der Waals surface area contributed by atoms with Crippen LogP contribution in [0.4, 0.5) is 5.69 Å². The van der Waals surface area contributed by atoms with Crippen molar-refractivity contribution in [3.05, 3.63) is 42.0 Å². The molecule has 6 nitrogen and oxygen atoms in total. The van der Waals surface area contributed by atoms with E-state index in [0.717, 1.165) is 43.1 Å². The normalized spacial score (nSPS) is 16.6. The van der Waals surface area contributed by atoms with Gasteiger partial charge < -0.3 is 24.2 Å². The van der Waals surface area contributed by atoms with E-state index in [-0.39, 0.29) is 5.56 Å². The van der Waals surface area contributed by atoms with Crippen molar-refractivity contribution in [2.75, 3.05) is 44.4 Å². The lowest BCUT2D eigenvalue weighted by molar-refractivity contribution is 0.0686. The number of carboxylic acids is 1. The second kappa shape index (κ2) is 6.64. The number of carbonyl (C=O) groups is 1. The molecular weight excluding hydrogens is 322 g/mol. The zero-order valence-electron chi connectivity index (χ0n) is 13.7. The number of hydrogen-bond acceptors (Lipinski definition) is 5. The van der Waals surface area contributed by atoms with Crippen LogP contribution >= 0.6 is 0 Å². The fraction of sp³-hybridized carbons (Fsp3) is 0.316. The fourth-order valence-corrected chi connectivity index (χ4v) is 3.17. The van der Waals surface area contributed by atoms with Crippen molar-refractivity contribution in [1.82, 2.24) is 0 Å². The number of fused-ring (bicyclic) bond motifs is 1. The second-order valence-corrected chi connectivity index (χ2v) is 6.00. The van der Waals surface area contributed by atoms with Gasteiger partial charge in [-0.15, -0.1) is 0 Å². The lowest BCUT2D eigenvalue weighted by Crippen LogP contribution is -2.36. The Bertz CT molecular complexity index is 781. The third-order valence-electron chi connectivity index (χ3n) is 4.45. The number of rotatable bonds is 3. The van der Waals surface area contributed by atoms with Gasteiger partial charge in [0.1, 0.15) is 18.8 Å². The first kappa shape index (κ1) is 15.8. The van der Waals surface area contributed by atoms with Crippen LogP contribution in [0.25, 0.3) is 11.1 Å². The van der Waals surface area contributed by atoms with E-state index in [1.54, 1.807) is 6.07 Å². The average Bonchev–Trinajstić information content (AvgIpc) is 2.68. The first-order valence-corrected chi connectivity index (χ1v) is 8.32. The van der Waals surface area contributed by atoms with Crippen LogP contribution in [0.2, 0.25) is 0 Å². The monoisotopic (exact) mass is 341 g/mol. The first-order chi connectivity index (χ1) is 12.2. The third kappa shape index (κ3) is 3.13. The number of carboxylic acid groups (broad SMARTS) is 1. The summed E-state index contributed by atoms with van der Waals surface area (Å²) >= 11 is 0. The van der Waals surface area contributed by atoms with Gasteiger partial charge in [-0.1, -0.05) is 12.1 Å². The molecule has 0 spiro atoms. The Kier molecular flexibility index (Phi) is 4.19. The Hall–Kier alpha value is -2.73. The summed E-state index contributed by atoms with van der Waals surface area (Å²) in [6.07, 6.45) is 0. The minimum atomic E-state index is -1.02. The van der Waals surface area contributed by atoms with Crippen LogP contribution in [0.3, 0.4) is 0 Å². The molecule has 0 atom stereocenters.